The number of amides is 1. The van der Waals surface area contributed by atoms with E-state index in [4.69, 9.17) is 5.11 Å². The molecular weight excluding hydrogens is 363 g/mol. The number of alkyl halides is 3. The summed E-state index contributed by atoms with van der Waals surface area (Å²) in [6.45, 7) is 5.35. The molecule has 1 aromatic rings. The highest BCUT2D eigenvalue weighted by Gasteiger charge is 2.40. The van der Waals surface area contributed by atoms with Crippen LogP contribution in [0.15, 0.2) is 4.47 Å². The van der Waals surface area contributed by atoms with Crippen LogP contribution in [0.3, 0.4) is 0 Å². The third kappa shape index (κ3) is 3.51. The summed E-state index contributed by atoms with van der Waals surface area (Å²) in [6, 6.07) is 0. The number of hydrogen-bond acceptors (Lipinski definition) is 3. The molecule has 0 saturated heterocycles. The lowest BCUT2D eigenvalue weighted by Crippen LogP contribution is -2.30. The second-order valence-corrected chi connectivity index (χ2v) is 6.77. The Balaban J connectivity index is 3.35. The predicted octanol–water partition coefficient (Wildman–Crippen LogP) is 4.01. The van der Waals surface area contributed by atoms with Crippen molar-refractivity contribution < 1.29 is 27.9 Å². The number of thiophene rings is 1. The van der Waals surface area contributed by atoms with Crippen molar-refractivity contribution in [3.63, 3.8) is 0 Å². The maximum Gasteiger partial charge on any atom is 0.471 e. The molecule has 0 atom stereocenters. The van der Waals surface area contributed by atoms with Gasteiger partial charge in [0.15, 0.2) is 0 Å². The molecule has 112 valence electrons. The summed E-state index contributed by atoms with van der Waals surface area (Å²) in [5.74, 6) is -3.61. The van der Waals surface area contributed by atoms with Crippen molar-refractivity contribution in [2.75, 3.05) is 5.32 Å². The van der Waals surface area contributed by atoms with E-state index in [9.17, 15) is 22.8 Å². The first-order valence-electron chi connectivity index (χ1n) is 5.30. The Kier molecular flexibility index (Phi) is 4.55. The van der Waals surface area contributed by atoms with Crippen LogP contribution in [-0.4, -0.2) is 23.2 Å². The molecule has 9 heteroatoms. The first kappa shape index (κ1) is 17.0. The molecule has 4 nitrogen and oxygen atoms in total. The largest absolute Gasteiger partial charge is 0.477 e. The Morgan fingerprint density at radius 2 is 1.75 bits per heavy atom. The van der Waals surface area contributed by atoms with Crippen molar-refractivity contribution in [2.24, 2.45) is 0 Å². The molecule has 0 saturated carbocycles. The van der Waals surface area contributed by atoms with Gasteiger partial charge in [-0.05, 0) is 21.3 Å². The lowest BCUT2D eigenvalue weighted by Gasteiger charge is -2.17. The van der Waals surface area contributed by atoms with Gasteiger partial charge < -0.3 is 10.4 Å². The van der Waals surface area contributed by atoms with Gasteiger partial charge >= 0.3 is 18.1 Å². The number of carboxylic acids is 1. The third-order valence-corrected chi connectivity index (χ3v) is 4.88. The molecule has 0 spiro atoms. The maximum absolute atomic E-state index is 12.3. The fourth-order valence-corrected chi connectivity index (χ4v) is 3.65. The topological polar surface area (TPSA) is 66.4 Å². The van der Waals surface area contributed by atoms with Crippen LogP contribution in [0.1, 0.15) is 35.3 Å². The van der Waals surface area contributed by atoms with E-state index in [2.05, 4.69) is 15.9 Å². The Labute approximate surface area is 125 Å². The van der Waals surface area contributed by atoms with Gasteiger partial charge in [0.2, 0.25) is 0 Å². The van der Waals surface area contributed by atoms with Crippen LogP contribution in [0.2, 0.25) is 0 Å². The summed E-state index contributed by atoms with van der Waals surface area (Å²) in [6.07, 6.45) is -5.08. The molecule has 0 radical (unpaired) electrons. The van der Waals surface area contributed by atoms with E-state index >= 15 is 0 Å². The van der Waals surface area contributed by atoms with Gasteiger partial charge in [0.1, 0.15) is 4.88 Å². The Morgan fingerprint density at radius 3 is 2.10 bits per heavy atom. The fraction of sp³-hybridized carbons (Fsp3) is 0.455. The summed E-state index contributed by atoms with van der Waals surface area (Å²) < 4.78 is 37.0. The smallest absolute Gasteiger partial charge is 0.471 e. The van der Waals surface area contributed by atoms with Crippen molar-refractivity contribution in [2.45, 2.75) is 32.4 Å². The average Bonchev–Trinajstić information content (AvgIpc) is 2.54. The molecule has 0 fully saturated rings. The minimum Gasteiger partial charge on any atom is -0.477 e. The second-order valence-electron chi connectivity index (χ2n) is 4.96. The summed E-state index contributed by atoms with van der Waals surface area (Å²) in [5.41, 5.74) is -0.843. The van der Waals surface area contributed by atoms with Crippen molar-refractivity contribution in [3.05, 3.63) is 14.2 Å². The molecule has 0 aliphatic carbocycles. The van der Waals surface area contributed by atoms with E-state index in [1.807, 2.05) is 0 Å². The molecule has 0 aliphatic rings. The van der Waals surface area contributed by atoms with Gasteiger partial charge in [-0.25, -0.2) is 4.79 Å². The standard InChI is InChI=1S/C11H11BrF3NO3S/c1-10(2,3)7-4(12)5(6(20-7)8(17)18)16-9(19)11(13,14)15/h1-3H3,(H,16,19)(H,17,18). The highest BCUT2D eigenvalue weighted by molar-refractivity contribution is 9.10. The molecule has 0 unspecified atom stereocenters. The van der Waals surface area contributed by atoms with Crippen LogP contribution in [0.25, 0.3) is 0 Å². The van der Waals surface area contributed by atoms with E-state index < -0.39 is 23.5 Å². The van der Waals surface area contributed by atoms with Crippen LogP contribution >= 0.6 is 27.3 Å². The number of nitrogens with one attached hydrogen (secondary N) is 1. The number of carbonyl (C=O) groups excluding carboxylic acids is 1. The highest BCUT2D eigenvalue weighted by atomic mass is 79.9. The summed E-state index contributed by atoms with van der Waals surface area (Å²) in [5, 5.41) is 10.7. The maximum atomic E-state index is 12.3. The molecule has 1 heterocycles. The van der Waals surface area contributed by atoms with Crippen molar-refractivity contribution in [1.82, 2.24) is 0 Å². The van der Waals surface area contributed by atoms with Gasteiger partial charge in [-0.3, -0.25) is 4.79 Å². The Morgan fingerprint density at radius 1 is 1.25 bits per heavy atom. The first-order chi connectivity index (χ1) is 8.85. The zero-order valence-corrected chi connectivity index (χ0v) is 13.1. The fourth-order valence-electron chi connectivity index (χ4n) is 1.34. The number of aromatic carboxylic acids is 1. The predicted molar refractivity (Wildman–Crippen MR) is 72.4 cm³/mol. The zero-order chi connectivity index (χ0) is 15.9. The monoisotopic (exact) mass is 373 g/mol. The molecule has 0 aromatic carbocycles. The van der Waals surface area contributed by atoms with Crippen molar-refractivity contribution in [3.8, 4) is 0 Å². The quantitative estimate of drug-likeness (QED) is 0.822. The molecule has 20 heavy (non-hydrogen) atoms. The minimum atomic E-state index is -5.08. The SMILES string of the molecule is CC(C)(C)c1sc(C(=O)O)c(NC(=O)C(F)(F)F)c1Br. The summed E-state index contributed by atoms with van der Waals surface area (Å²) in [7, 11) is 0. The first-order valence-corrected chi connectivity index (χ1v) is 6.91. The van der Waals surface area contributed by atoms with Crippen LogP contribution in [-0.2, 0) is 10.2 Å². The molecule has 0 bridgehead atoms. The van der Waals surface area contributed by atoms with Gasteiger partial charge in [0.25, 0.3) is 0 Å². The van der Waals surface area contributed by atoms with Crippen LogP contribution in [0.4, 0.5) is 18.9 Å². The van der Waals surface area contributed by atoms with E-state index in [-0.39, 0.29) is 15.0 Å². The van der Waals surface area contributed by atoms with Crippen molar-refractivity contribution >= 4 is 44.8 Å². The highest BCUT2D eigenvalue weighted by Crippen LogP contribution is 2.44. The summed E-state index contributed by atoms with van der Waals surface area (Å²) in [4.78, 5) is 22.3. The molecular formula is C11H11BrF3NO3S. The molecule has 1 aromatic heterocycles. The lowest BCUT2D eigenvalue weighted by atomic mass is 9.94. The van der Waals surface area contributed by atoms with E-state index in [1.54, 1.807) is 26.1 Å². The number of hydrogen-bond donors (Lipinski definition) is 2. The van der Waals surface area contributed by atoms with Crippen LogP contribution in [0, 0.1) is 0 Å². The van der Waals surface area contributed by atoms with Gasteiger partial charge in [-0.2, -0.15) is 13.2 Å². The number of anilines is 1. The minimum absolute atomic E-state index is 0.157. The second kappa shape index (κ2) is 5.36. The Bertz CT molecular complexity index is 560. The number of carboxylic acid groups (broad SMARTS) is 1. The number of rotatable bonds is 2. The molecule has 0 aliphatic heterocycles. The zero-order valence-electron chi connectivity index (χ0n) is 10.7. The average molecular weight is 374 g/mol. The Hall–Kier alpha value is -1.09. The van der Waals surface area contributed by atoms with E-state index in [0.29, 0.717) is 4.88 Å². The van der Waals surface area contributed by atoms with E-state index in [0.717, 1.165) is 11.3 Å². The van der Waals surface area contributed by atoms with Gasteiger partial charge in [-0.1, -0.05) is 20.8 Å². The van der Waals surface area contributed by atoms with Crippen molar-refractivity contribution in [1.29, 1.82) is 0 Å². The van der Waals surface area contributed by atoms with Crippen LogP contribution < -0.4 is 5.32 Å². The normalized spacial score (nSPS) is 12.3. The van der Waals surface area contributed by atoms with E-state index in [1.165, 1.54) is 0 Å². The molecule has 1 rings (SSSR count). The summed E-state index contributed by atoms with van der Waals surface area (Å²) >= 11 is 3.89. The van der Waals surface area contributed by atoms with Gasteiger partial charge in [0.05, 0.1) is 10.2 Å². The van der Waals surface area contributed by atoms with Gasteiger partial charge in [0, 0.05) is 4.88 Å². The lowest BCUT2D eigenvalue weighted by molar-refractivity contribution is -0.167. The molecule has 1 amide bonds. The number of halogens is 4. The molecule has 2 N–H and O–H groups in total. The third-order valence-electron chi connectivity index (χ3n) is 2.22. The van der Waals surface area contributed by atoms with Gasteiger partial charge in [-0.15, -0.1) is 11.3 Å². The van der Waals surface area contributed by atoms with Crippen LogP contribution in [0.5, 0.6) is 0 Å². The number of carbonyl (C=O) groups is 2.